The molecule has 0 radical (unpaired) electrons. The predicted molar refractivity (Wildman–Crippen MR) is 83.2 cm³/mol. The fraction of sp³-hybridized carbons (Fsp3) is 0.333. The van der Waals surface area contributed by atoms with Crippen LogP contribution >= 0.6 is 11.3 Å². The molecule has 3 N–H and O–H groups in total. The number of rotatable bonds is 1. The molecule has 2 aromatic rings. The van der Waals surface area contributed by atoms with E-state index in [9.17, 15) is 4.79 Å². The molecule has 0 aliphatic carbocycles. The summed E-state index contributed by atoms with van der Waals surface area (Å²) in [5.41, 5.74) is 12.1. The minimum atomic E-state index is -0.112. The first kappa shape index (κ1) is 13.1. The highest BCUT2D eigenvalue weighted by molar-refractivity contribution is 7.15. The van der Waals surface area contributed by atoms with Gasteiger partial charge < -0.3 is 11.1 Å². The van der Waals surface area contributed by atoms with Crippen molar-refractivity contribution in [1.82, 2.24) is 4.98 Å². The van der Waals surface area contributed by atoms with Gasteiger partial charge in [-0.05, 0) is 50.5 Å². The lowest BCUT2D eigenvalue weighted by Crippen LogP contribution is -2.08. The van der Waals surface area contributed by atoms with Crippen molar-refractivity contribution in [3.05, 3.63) is 27.6 Å². The van der Waals surface area contributed by atoms with Crippen molar-refractivity contribution in [3.63, 3.8) is 0 Å². The molecule has 5 heteroatoms. The number of carbonyl (C=O) groups excluding carboxylic acids is 1. The number of nitrogens with one attached hydrogen (secondary N) is 1. The number of thiazole rings is 1. The second kappa shape index (κ2) is 4.31. The van der Waals surface area contributed by atoms with Crippen molar-refractivity contribution >= 4 is 28.1 Å². The van der Waals surface area contributed by atoms with Gasteiger partial charge in [0.05, 0.1) is 11.6 Å². The van der Waals surface area contributed by atoms with Gasteiger partial charge in [0.25, 0.3) is 0 Å². The van der Waals surface area contributed by atoms with Gasteiger partial charge in [0.2, 0.25) is 5.91 Å². The summed E-state index contributed by atoms with van der Waals surface area (Å²) in [4.78, 5) is 17.4. The molecule has 1 aliphatic rings. The number of nitrogen functional groups attached to an aromatic ring is 1. The maximum Gasteiger partial charge on any atom is 0.231 e. The van der Waals surface area contributed by atoms with Crippen molar-refractivity contribution in [2.75, 3.05) is 11.1 Å². The predicted octanol–water partition coefficient (Wildman–Crippen LogP) is 3.37. The first-order valence-corrected chi connectivity index (χ1v) is 7.40. The largest absolute Gasteiger partial charge is 0.375 e. The summed E-state index contributed by atoms with van der Waals surface area (Å²) in [6, 6.07) is 2.09. The lowest BCUT2D eigenvalue weighted by Gasteiger charge is -2.13. The second-order valence-corrected chi connectivity index (χ2v) is 6.54. The van der Waals surface area contributed by atoms with Crippen LogP contribution in [0.1, 0.15) is 34.4 Å². The number of benzene rings is 1. The molecule has 0 bridgehead atoms. The highest BCUT2D eigenvalue weighted by Gasteiger charge is 2.30. The number of hydrogen-bond donors (Lipinski definition) is 2. The van der Waals surface area contributed by atoms with Crippen molar-refractivity contribution in [2.45, 2.75) is 33.6 Å². The fourth-order valence-corrected chi connectivity index (χ4v) is 3.44. The topological polar surface area (TPSA) is 68.0 Å². The van der Waals surface area contributed by atoms with Crippen LogP contribution in [-0.2, 0) is 4.79 Å². The summed E-state index contributed by atoms with van der Waals surface area (Å²) in [7, 11) is 0. The van der Waals surface area contributed by atoms with E-state index in [1.54, 1.807) is 0 Å². The Labute approximate surface area is 122 Å². The Bertz CT molecular complexity index is 733. The minimum absolute atomic E-state index is 0.0640. The normalized spacial score (nSPS) is 17.2. The van der Waals surface area contributed by atoms with E-state index < -0.39 is 0 Å². The maximum atomic E-state index is 11.9. The Morgan fingerprint density at radius 3 is 2.60 bits per heavy atom. The van der Waals surface area contributed by atoms with Crippen LogP contribution in [0.3, 0.4) is 0 Å². The van der Waals surface area contributed by atoms with Gasteiger partial charge in [-0.25, -0.2) is 4.98 Å². The van der Waals surface area contributed by atoms with Gasteiger partial charge in [-0.1, -0.05) is 0 Å². The number of amides is 1. The molecule has 0 spiro atoms. The van der Waals surface area contributed by atoms with Crippen molar-refractivity contribution in [1.29, 1.82) is 0 Å². The Kier molecular flexibility index (Phi) is 2.83. The zero-order chi connectivity index (χ0) is 14.6. The number of hydrogen-bond acceptors (Lipinski definition) is 4. The summed E-state index contributed by atoms with van der Waals surface area (Å²) >= 11 is 1.50. The van der Waals surface area contributed by atoms with Crippen LogP contribution in [0.2, 0.25) is 0 Å². The van der Waals surface area contributed by atoms with E-state index in [0.717, 1.165) is 38.5 Å². The number of carbonyl (C=O) groups is 1. The summed E-state index contributed by atoms with van der Waals surface area (Å²) in [5.74, 6) is -0.0477. The highest BCUT2D eigenvalue weighted by atomic mass is 32.1. The number of nitrogens with two attached hydrogens (primary N) is 1. The average Bonchev–Trinajstić information content (AvgIpc) is 2.86. The molecule has 1 aromatic heterocycles. The molecule has 0 saturated heterocycles. The van der Waals surface area contributed by atoms with Gasteiger partial charge in [-0.2, -0.15) is 0 Å². The Morgan fingerprint density at radius 2 is 2.00 bits per heavy atom. The van der Waals surface area contributed by atoms with Crippen LogP contribution in [0.4, 0.5) is 10.8 Å². The molecule has 1 amide bonds. The van der Waals surface area contributed by atoms with E-state index in [-0.39, 0.29) is 11.8 Å². The fourth-order valence-electron chi connectivity index (χ4n) is 2.73. The molecule has 2 heterocycles. The van der Waals surface area contributed by atoms with Crippen LogP contribution in [0, 0.1) is 20.8 Å². The molecule has 1 aromatic carbocycles. The number of aromatic nitrogens is 1. The van der Waals surface area contributed by atoms with Crippen molar-refractivity contribution in [3.8, 4) is 11.3 Å². The van der Waals surface area contributed by atoms with E-state index >= 15 is 0 Å². The van der Waals surface area contributed by atoms with E-state index in [1.807, 2.05) is 20.8 Å². The summed E-state index contributed by atoms with van der Waals surface area (Å²) in [6.07, 6.45) is 0. The number of nitrogens with zero attached hydrogens (tertiary/aromatic N) is 1. The molecule has 3 rings (SSSR count). The Hall–Kier alpha value is -1.88. The van der Waals surface area contributed by atoms with Gasteiger partial charge in [-0.3, -0.25) is 4.79 Å². The molecule has 0 saturated carbocycles. The van der Waals surface area contributed by atoms with E-state index in [0.29, 0.717) is 5.13 Å². The smallest absolute Gasteiger partial charge is 0.231 e. The molecule has 0 fully saturated rings. The van der Waals surface area contributed by atoms with Crippen molar-refractivity contribution < 1.29 is 4.79 Å². The molecule has 1 aliphatic heterocycles. The van der Waals surface area contributed by atoms with Crippen molar-refractivity contribution in [2.24, 2.45) is 0 Å². The number of fused-ring (bicyclic) bond motifs is 1. The first-order chi connectivity index (χ1) is 9.40. The standard InChI is InChI=1S/C15H17N3OS/c1-6-7(2)12-11(8(3)14(19)17-12)5-10(6)13-9(4)20-15(16)18-13/h5,8H,1-4H3,(H2,16,18)(H,17,19). The second-order valence-electron chi connectivity index (χ2n) is 5.31. The average molecular weight is 287 g/mol. The molecule has 20 heavy (non-hydrogen) atoms. The monoisotopic (exact) mass is 287 g/mol. The van der Waals surface area contributed by atoms with Gasteiger partial charge in [0, 0.05) is 16.1 Å². The molecular formula is C15H17N3OS. The summed E-state index contributed by atoms with van der Waals surface area (Å²) in [5, 5.41) is 3.55. The summed E-state index contributed by atoms with van der Waals surface area (Å²) in [6.45, 7) is 8.07. The Balaban J connectivity index is 2.27. The van der Waals surface area contributed by atoms with Gasteiger partial charge in [0.15, 0.2) is 5.13 Å². The molecule has 1 atom stereocenters. The molecule has 1 unspecified atom stereocenters. The lowest BCUT2D eigenvalue weighted by atomic mass is 9.92. The van der Waals surface area contributed by atoms with Gasteiger partial charge in [0.1, 0.15) is 0 Å². The van der Waals surface area contributed by atoms with Gasteiger partial charge in [-0.15, -0.1) is 11.3 Å². The third kappa shape index (κ3) is 1.73. The van der Waals surface area contributed by atoms with Crippen LogP contribution < -0.4 is 11.1 Å². The minimum Gasteiger partial charge on any atom is -0.375 e. The zero-order valence-corrected chi connectivity index (χ0v) is 12.8. The quantitative estimate of drug-likeness (QED) is 0.845. The van der Waals surface area contributed by atoms with Crippen LogP contribution in [0.5, 0.6) is 0 Å². The number of aryl methyl sites for hydroxylation is 1. The van der Waals surface area contributed by atoms with E-state index in [4.69, 9.17) is 5.73 Å². The summed E-state index contributed by atoms with van der Waals surface area (Å²) < 4.78 is 0. The van der Waals surface area contributed by atoms with Crippen LogP contribution in [0.25, 0.3) is 11.3 Å². The van der Waals surface area contributed by atoms with Gasteiger partial charge >= 0.3 is 0 Å². The Morgan fingerprint density at radius 1 is 1.30 bits per heavy atom. The van der Waals surface area contributed by atoms with Crippen LogP contribution in [-0.4, -0.2) is 10.9 Å². The molecular weight excluding hydrogens is 270 g/mol. The highest BCUT2D eigenvalue weighted by Crippen LogP contribution is 2.42. The first-order valence-electron chi connectivity index (χ1n) is 6.58. The number of anilines is 2. The SMILES string of the molecule is Cc1sc(N)nc1-c1cc2c(c(C)c1C)NC(=O)C2C. The molecule has 104 valence electrons. The van der Waals surface area contributed by atoms with Crippen LogP contribution in [0.15, 0.2) is 6.07 Å². The van der Waals surface area contributed by atoms with E-state index in [2.05, 4.69) is 23.3 Å². The third-order valence-electron chi connectivity index (χ3n) is 4.11. The van der Waals surface area contributed by atoms with E-state index in [1.165, 1.54) is 11.3 Å². The lowest BCUT2D eigenvalue weighted by molar-refractivity contribution is -0.116. The maximum absolute atomic E-state index is 11.9. The molecule has 4 nitrogen and oxygen atoms in total. The zero-order valence-electron chi connectivity index (χ0n) is 12.0. The third-order valence-corrected chi connectivity index (χ3v) is 4.91.